The third-order valence-corrected chi connectivity index (χ3v) is 6.90. The van der Waals surface area contributed by atoms with Crippen LogP contribution >= 0.6 is 0 Å². The lowest BCUT2D eigenvalue weighted by Crippen LogP contribution is -2.52. The lowest BCUT2D eigenvalue weighted by molar-refractivity contribution is -0.0472. The summed E-state index contributed by atoms with van der Waals surface area (Å²) in [7, 11) is 0. The standard InChI is InChI=1S/C30H34N6O7/c1-4-32-29(39)24-14-33-26(19(24)3)27(34-15-31)36(41,16-42-17-43-30(40)20-7-11-23(37)12-8-20)25-13-21(6-5-18(25)2)28(38)35-22-9-10-22/h5-8,11-15,22,31,33,37H,4,9-10,16-17H2,1-3H3,(H,32,39)(H,35,38). The largest absolute Gasteiger partial charge is 0.619 e. The molecule has 1 unspecified atom stereocenters. The number of carbonyl (C=O) groups excluding carboxylic acids is 3. The van der Waals surface area contributed by atoms with Gasteiger partial charge in [-0.05, 0) is 69.5 Å². The number of amidine groups is 1. The molecule has 13 nitrogen and oxygen atoms in total. The van der Waals surface area contributed by atoms with Crippen LogP contribution in [0.15, 0.2) is 53.7 Å². The Hall–Kier alpha value is -4.85. The van der Waals surface area contributed by atoms with Crippen molar-refractivity contribution in [2.75, 3.05) is 20.1 Å². The van der Waals surface area contributed by atoms with Gasteiger partial charge in [-0.2, -0.15) is 4.99 Å². The zero-order chi connectivity index (χ0) is 31.1. The molecule has 0 radical (unpaired) electrons. The van der Waals surface area contributed by atoms with Crippen LogP contribution in [0.2, 0.25) is 0 Å². The molecule has 2 aromatic carbocycles. The minimum atomic E-state index is -1.42. The zero-order valence-electron chi connectivity index (χ0n) is 24.1. The van der Waals surface area contributed by atoms with E-state index in [2.05, 4.69) is 20.6 Å². The van der Waals surface area contributed by atoms with Gasteiger partial charge in [0.15, 0.2) is 13.5 Å². The van der Waals surface area contributed by atoms with Gasteiger partial charge in [0.1, 0.15) is 23.5 Å². The van der Waals surface area contributed by atoms with E-state index in [4.69, 9.17) is 14.9 Å². The third-order valence-electron chi connectivity index (χ3n) is 6.90. The Morgan fingerprint density at radius 1 is 1.14 bits per heavy atom. The van der Waals surface area contributed by atoms with Gasteiger partial charge in [-0.15, -0.1) is 0 Å². The Kier molecular flexibility index (Phi) is 9.70. The molecule has 1 heterocycles. The van der Waals surface area contributed by atoms with Gasteiger partial charge in [0.2, 0.25) is 0 Å². The molecule has 2 amide bonds. The first-order chi connectivity index (χ1) is 20.6. The Labute approximate surface area is 248 Å². The number of phenolic OH excluding ortho intramolecular Hbond substituents is 1. The number of amides is 2. The number of phenols is 1. The number of nitrogens with zero attached hydrogens (tertiary/aromatic N) is 2. The molecular formula is C30H34N6O7. The second-order valence-corrected chi connectivity index (χ2v) is 10.1. The van der Waals surface area contributed by atoms with Crippen molar-refractivity contribution in [3.63, 3.8) is 0 Å². The number of H-pyrrole nitrogens is 1. The van der Waals surface area contributed by atoms with Crippen LogP contribution in [0.4, 0.5) is 5.69 Å². The lowest BCUT2D eigenvalue weighted by atomic mass is 10.1. The van der Waals surface area contributed by atoms with E-state index in [-0.39, 0.29) is 51.9 Å². The highest BCUT2D eigenvalue weighted by atomic mass is 16.7. The van der Waals surface area contributed by atoms with E-state index < -0.39 is 24.1 Å². The molecule has 4 rings (SSSR count). The molecule has 0 spiro atoms. The van der Waals surface area contributed by atoms with E-state index in [9.17, 15) is 24.7 Å². The number of hydrogen-bond acceptors (Lipinski definition) is 8. The monoisotopic (exact) mass is 590 g/mol. The van der Waals surface area contributed by atoms with Crippen molar-refractivity contribution in [3.8, 4) is 5.75 Å². The molecule has 13 heteroatoms. The Balaban J connectivity index is 1.70. The second-order valence-electron chi connectivity index (χ2n) is 10.1. The number of rotatable bonds is 12. The van der Waals surface area contributed by atoms with E-state index in [0.29, 0.717) is 29.6 Å². The van der Waals surface area contributed by atoms with E-state index in [1.165, 1.54) is 36.5 Å². The molecule has 1 aliphatic rings. The van der Waals surface area contributed by atoms with Gasteiger partial charge in [0.25, 0.3) is 17.6 Å². The summed E-state index contributed by atoms with van der Waals surface area (Å²) < 4.78 is 9.35. The van der Waals surface area contributed by atoms with Crippen LogP contribution in [-0.4, -0.2) is 66.2 Å². The van der Waals surface area contributed by atoms with Crippen LogP contribution in [0, 0.1) is 24.5 Å². The number of nitrogens with one attached hydrogen (secondary N) is 4. The number of hydroxylamine groups is 2. The maximum Gasteiger partial charge on any atom is 0.340 e. The molecule has 0 aliphatic heterocycles. The number of aromatic hydroxyl groups is 1. The van der Waals surface area contributed by atoms with Gasteiger partial charge in [-0.1, -0.05) is 6.07 Å². The molecule has 43 heavy (non-hydrogen) atoms. The number of quaternary nitrogens is 1. The number of aromatic nitrogens is 1. The molecule has 5 N–H and O–H groups in total. The van der Waals surface area contributed by atoms with E-state index >= 15 is 0 Å². The topological polar surface area (TPSA) is 189 Å². The van der Waals surface area contributed by atoms with E-state index in [0.717, 1.165) is 12.8 Å². The zero-order valence-corrected chi connectivity index (χ0v) is 24.1. The highest BCUT2D eigenvalue weighted by Crippen LogP contribution is 2.32. The Bertz CT molecular complexity index is 1540. The number of ether oxygens (including phenoxy) is 2. The molecule has 0 saturated heterocycles. The highest BCUT2D eigenvalue weighted by Gasteiger charge is 2.36. The minimum absolute atomic E-state index is 0.0161. The smallest absolute Gasteiger partial charge is 0.340 e. The van der Waals surface area contributed by atoms with Gasteiger partial charge in [-0.25, -0.2) is 4.79 Å². The predicted octanol–water partition coefficient (Wildman–Crippen LogP) is 3.63. The summed E-state index contributed by atoms with van der Waals surface area (Å²) in [6.45, 7) is 4.24. The van der Waals surface area contributed by atoms with Crippen LogP contribution in [0.25, 0.3) is 0 Å². The van der Waals surface area contributed by atoms with Crippen LogP contribution in [0.1, 0.15) is 67.7 Å². The fourth-order valence-corrected chi connectivity index (χ4v) is 4.44. The molecule has 0 bridgehead atoms. The fraction of sp³-hybridized carbons (Fsp3) is 0.300. The summed E-state index contributed by atoms with van der Waals surface area (Å²) in [5.74, 6) is -1.65. The quantitative estimate of drug-likeness (QED) is 0.0405. The number of aliphatic imine (C=N–C) groups is 1. The van der Waals surface area contributed by atoms with Crippen LogP contribution in [0.3, 0.4) is 0 Å². The lowest BCUT2D eigenvalue weighted by Gasteiger charge is -2.41. The first-order valence-corrected chi connectivity index (χ1v) is 13.7. The van der Waals surface area contributed by atoms with Crippen LogP contribution in [-0.2, 0) is 9.47 Å². The first kappa shape index (κ1) is 31.1. The molecule has 1 atom stereocenters. The summed E-state index contributed by atoms with van der Waals surface area (Å²) in [4.78, 5) is 45.0. The molecule has 1 saturated carbocycles. The molecule has 226 valence electrons. The van der Waals surface area contributed by atoms with E-state index in [1.54, 1.807) is 32.9 Å². The normalized spacial score (nSPS) is 14.5. The van der Waals surface area contributed by atoms with Crippen molar-refractivity contribution in [3.05, 3.63) is 87.4 Å². The summed E-state index contributed by atoms with van der Waals surface area (Å²) in [5.41, 5.74) is 1.93. The van der Waals surface area contributed by atoms with Gasteiger partial charge in [-0.3, -0.25) is 24.4 Å². The molecule has 1 aromatic heterocycles. The van der Waals surface area contributed by atoms with Gasteiger partial charge in [0, 0.05) is 36.0 Å². The van der Waals surface area contributed by atoms with Crippen molar-refractivity contribution in [1.29, 1.82) is 5.41 Å². The predicted molar refractivity (Wildman–Crippen MR) is 160 cm³/mol. The van der Waals surface area contributed by atoms with Gasteiger partial charge in [0.05, 0.1) is 11.1 Å². The Morgan fingerprint density at radius 3 is 2.49 bits per heavy atom. The Morgan fingerprint density at radius 2 is 1.84 bits per heavy atom. The van der Waals surface area contributed by atoms with Crippen molar-refractivity contribution in [1.82, 2.24) is 20.3 Å². The number of aryl methyl sites for hydroxylation is 1. The molecule has 1 aliphatic carbocycles. The number of esters is 1. The average Bonchev–Trinajstić information content (AvgIpc) is 3.72. The molecular weight excluding hydrogens is 556 g/mol. The molecule has 1 fully saturated rings. The summed E-state index contributed by atoms with van der Waals surface area (Å²) in [5, 5.41) is 37.8. The SMILES string of the molecule is CCNC(=O)c1c[nH]c(C(=NC=N)[N+]([O-])(COCOC(=O)c2ccc(O)cc2)c2cc(C(=O)NC3CC3)ccc2C)c1C. The summed E-state index contributed by atoms with van der Waals surface area (Å²) in [6, 6.07) is 10.2. The van der Waals surface area contributed by atoms with Gasteiger partial charge >= 0.3 is 5.97 Å². The third kappa shape index (κ3) is 7.15. The van der Waals surface area contributed by atoms with Crippen molar-refractivity contribution < 1.29 is 29.0 Å². The maximum absolute atomic E-state index is 15.0. The number of benzene rings is 2. The molecule has 3 aromatic rings. The van der Waals surface area contributed by atoms with Crippen LogP contribution < -0.4 is 15.3 Å². The highest BCUT2D eigenvalue weighted by molar-refractivity contribution is 6.11. The average molecular weight is 591 g/mol. The van der Waals surface area contributed by atoms with E-state index in [1.807, 2.05) is 0 Å². The van der Waals surface area contributed by atoms with Crippen molar-refractivity contribution >= 4 is 35.6 Å². The van der Waals surface area contributed by atoms with Crippen LogP contribution in [0.5, 0.6) is 5.75 Å². The second kappa shape index (κ2) is 13.4. The maximum atomic E-state index is 15.0. The summed E-state index contributed by atoms with van der Waals surface area (Å²) >= 11 is 0. The van der Waals surface area contributed by atoms with Crippen molar-refractivity contribution in [2.24, 2.45) is 4.99 Å². The fourth-order valence-electron chi connectivity index (χ4n) is 4.44. The summed E-state index contributed by atoms with van der Waals surface area (Å²) in [6.07, 6.45) is 3.93. The number of hydrogen-bond donors (Lipinski definition) is 5. The minimum Gasteiger partial charge on any atom is -0.619 e. The van der Waals surface area contributed by atoms with Crippen molar-refractivity contribution in [2.45, 2.75) is 39.7 Å². The number of carbonyl (C=O) groups is 3. The number of aromatic amines is 1. The first-order valence-electron chi connectivity index (χ1n) is 13.7. The van der Waals surface area contributed by atoms with Gasteiger partial charge < -0.3 is 30.7 Å².